The molecule has 5 nitrogen and oxygen atoms in total. The molecule has 1 aromatic carbocycles. The molecule has 2 aliphatic rings. The van der Waals surface area contributed by atoms with Gasteiger partial charge in [-0.25, -0.2) is 4.99 Å². The highest BCUT2D eigenvalue weighted by Gasteiger charge is 2.38. The first kappa shape index (κ1) is 13.0. The molecule has 3 rings (SSSR count). The van der Waals surface area contributed by atoms with E-state index in [4.69, 9.17) is 5.26 Å². The zero-order valence-corrected chi connectivity index (χ0v) is 11.9. The highest BCUT2D eigenvalue weighted by atomic mass is 32.2. The number of aliphatic imine (C=N–C) groups is 1. The fraction of sp³-hybridized carbons (Fsp3) is 0.357. The smallest absolute Gasteiger partial charge is 0.254 e. The predicted molar refractivity (Wildman–Crippen MR) is 78.7 cm³/mol. The molecule has 1 saturated carbocycles. The van der Waals surface area contributed by atoms with Crippen LogP contribution in [0.15, 0.2) is 23.2 Å². The molecule has 1 heterocycles. The van der Waals surface area contributed by atoms with Gasteiger partial charge >= 0.3 is 0 Å². The summed E-state index contributed by atoms with van der Waals surface area (Å²) in [5, 5.41) is 11.7. The maximum absolute atomic E-state index is 12.3. The lowest BCUT2D eigenvalue weighted by Gasteiger charge is -2.13. The molecular weight excluding hydrogens is 272 g/mol. The van der Waals surface area contributed by atoms with Crippen LogP contribution >= 0.6 is 11.8 Å². The SMILES string of the molecule is CSC(=Nc1ccc2c(c1)C(=O)N(C1CC1)C2)NC#N. The average molecular weight is 286 g/mol. The third kappa shape index (κ3) is 2.37. The molecule has 1 aliphatic carbocycles. The van der Waals surface area contributed by atoms with Crippen LogP contribution in [-0.4, -0.2) is 28.3 Å². The van der Waals surface area contributed by atoms with Gasteiger partial charge in [0.15, 0.2) is 11.4 Å². The fourth-order valence-electron chi connectivity index (χ4n) is 2.35. The number of amides is 1. The number of nitriles is 1. The molecule has 0 atom stereocenters. The number of hydrogen-bond donors (Lipinski definition) is 1. The quantitative estimate of drug-likeness (QED) is 0.392. The van der Waals surface area contributed by atoms with E-state index in [1.807, 2.05) is 35.5 Å². The molecule has 0 unspecified atom stereocenters. The molecular formula is C14H14N4OS. The van der Waals surface area contributed by atoms with Gasteiger partial charge in [-0.3, -0.25) is 10.1 Å². The van der Waals surface area contributed by atoms with Crippen molar-refractivity contribution in [2.24, 2.45) is 4.99 Å². The second-order valence-electron chi connectivity index (χ2n) is 4.86. The molecule has 0 radical (unpaired) electrons. The van der Waals surface area contributed by atoms with E-state index in [9.17, 15) is 4.79 Å². The number of nitrogens with zero attached hydrogens (tertiary/aromatic N) is 3. The van der Waals surface area contributed by atoms with E-state index in [2.05, 4.69) is 10.3 Å². The van der Waals surface area contributed by atoms with Gasteiger partial charge < -0.3 is 4.90 Å². The number of nitrogens with one attached hydrogen (secondary N) is 1. The van der Waals surface area contributed by atoms with Gasteiger partial charge in [0.2, 0.25) is 0 Å². The van der Waals surface area contributed by atoms with E-state index >= 15 is 0 Å². The number of hydrogen-bond acceptors (Lipinski definition) is 4. The summed E-state index contributed by atoms with van der Waals surface area (Å²) in [5.74, 6) is 0.110. The molecule has 1 fully saturated rings. The lowest BCUT2D eigenvalue weighted by atomic mass is 10.1. The number of amidine groups is 1. The average Bonchev–Trinajstić information content (AvgIpc) is 3.24. The lowest BCUT2D eigenvalue weighted by molar-refractivity contribution is 0.0766. The summed E-state index contributed by atoms with van der Waals surface area (Å²) in [4.78, 5) is 18.6. The Morgan fingerprint density at radius 2 is 2.35 bits per heavy atom. The first-order chi connectivity index (χ1) is 9.72. The second-order valence-corrected chi connectivity index (χ2v) is 5.66. The number of carbonyl (C=O) groups is 1. The Labute approximate surface area is 121 Å². The largest absolute Gasteiger partial charge is 0.331 e. The van der Waals surface area contributed by atoms with Crippen LogP contribution in [-0.2, 0) is 6.54 Å². The molecule has 1 N–H and O–H groups in total. The van der Waals surface area contributed by atoms with Crippen LogP contribution in [0.4, 0.5) is 5.69 Å². The summed E-state index contributed by atoms with van der Waals surface area (Å²) in [6, 6.07) is 6.09. The van der Waals surface area contributed by atoms with Crippen molar-refractivity contribution in [1.29, 1.82) is 5.26 Å². The third-order valence-electron chi connectivity index (χ3n) is 3.50. The van der Waals surface area contributed by atoms with E-state index in [0.29, 0.717) is 23.4 Å². The highest BCUT2D eigenvalue weighted by molar-refractivity contribution is 8.13. The van der Waals surface area contributed by atoms with Gasteiger partial charge in [-0.15, -0.1) is 0 Å². The van der Waals surface area contributed by atoms with Crippen molar-refractivity contribution in [3.63, 3.8) is 0 Å². The summed E-state index contributed by atoms with van der Waals surface area (Å²) in [6.45, 7) is 0.717. The topological polar surface area (TPSA) is 68.5 Å². The Morgan fingerprint density at radius 1 is 1.55 bits per heavy atom. The molecule has 1 aliphatic heterocycles. The summed E-state index contributed by atoms with van der Waals surface area (Å²) in [6.07, 6.45) is 5.93. The van der Waals surface area contributed by atoms with Crippen LogP contribution in [0.2, 0.25) is 0 Å². The Kier molecular flexibility index (Phi) is 3.36. The van der Waals surface area contributed by atoms with Gasteiger partial charge in [0, 0.05) is 18.2 Å². The minimum Gasteiger partial charge on any atom is -0.331 e. The van der Waals surface area contributed by atoms with Crippen LogP contribution in [0.1, 0.15) is 28.8 Å². The van der Waals surface area contributed by atoms with Crippen molar-refractivity contribution < 1.29 is 4.79 Å². The van der Waals surface area contributed by atoms with Crippen molar-refractivity contribution in [2.45, 2.75) is 25.4 Å². The van der Waals surface area contributed by atoms with Crippen LogP contribution in [0.5, 0.6) is 0 Å². The van der Waals surface area contributed by atoms with Crippen LogP contribution in [0.25, 0.3) is 0 Å². The minimum absolute atomic E-state index is 0.110. The fourth-order valence-corrected chi connectivity index (χ4v) is 2.70. The molecule has 1 aromatic rings. The lowest BCUT2D eigenvalue weighted by Crippen LogP contribution is -2.25. The summed E-state index contributed by atoms with van der Waals surface area (Å²) < 4.78 is 0. The van der Waals surface area contributed by atoms with Crippen molar-refractivity contribution >= 4 is 28.5 Å². The first-order valence-corrected chi connectivity index (χ1v) is 7.67. The molecule has 102 valence electrons. The molecule has 0 spiro atoms. The van der Waals surface area contributed by atoms with Crippen LogP contribution < -0.4 is 5.32 Å². The van der Waals surface area contributed by atoms with Crippen LogP contribution in [0.3, 0.4) is 0 Å². The number of fused-ring (bicyclic) bond motifs is 1. The van der Waals surface area contributed by atoms with Crippen LogP contribution in [0, 0.1) is 11.5 Å². The minimum atomic E-state index is 0.110. The normalized spacial score (nSPS) is 17.9. The van der Waals surface area contributed by atoms with E-state index in [1.165, 1.54) is 11.8 Å². The number of thioether (sulfide) groups is 1. The zero-order valence-electron chi connectivity index (χ0n) is 11.1. The van der Waals surface area contributed by atoms with Crippen molar-refractivity contribution in [3.05, 3.63) is 29.3 Å². The molecule has 6 heteroatoms. The number of carbonyl (C=O) groups excluding carboxylic acids is 1. The van der Waals surface area contributed by atoms with E-state index in [1.54, 1.807) is 0 Å². The Hall–Kier alpha value is -2.00. The monoisotopic (exact) mass is 286 g/mol. The summed E-state index contributed by atoms with van der Waals surface area (Å²) >= 11 is 1.36. The molecule has 20 heavy (non-hydrogen) atoms. The van der Waals surface area contributed by atoms with Crippen molar-refractivity contribution in [1.82, 2.24) is 10.2 Å². The van der Waals surface area contributed by atoms with Crippen molar-refractivity contribution in [2.75, 3.05) is 6.26 Å². The van der Waals surface area contributed by atoms with Gasteiger partial charge in [-0.2, -0.15) is 5.26 Å². The maximum atomic E-state index is 12.3. The predicted octanol–water partition coefficient (Wildman–Crippen LogP) is 2.23. The van der Waals surface area contributed by atoms with E-state index < -0.39 is 0 Å². The molecule has 0 saturated heterocycles. The zero-order chi connectivity index (χ0) is 14.1. The van der Waals surface area contributed by atoms with Gasteiger partial charge in [0.25, 0.3) is 5.91 Å². The Bertz CT molecular complexity index is 631. The third-order valence-corrected chi connectivity index (χ3v) is 4.08. The van der Waals surface area contributed by atoms with Gasteiger partial charge in [-0.1, -0.05) is 17.8 Å². The summed E-state index contributed by atoms with van der Waals surface area (Å²) in [7, 11) is 0. The molecule has 0 bridgehead atoms. The van der Waals surface area contributed by atoms with E-state index in [-0.39, 0.29) is 5.91 Å². The maximum Gasteiger partial charge on any atom is 0.254 e. The highest BCUT2D eigenvalue weighted by Crippen LogP contribution is 2.35. The van der Waals surface area contributed by atoms with Gasteiger partial charge in [0.1, 0.15) is 0 Å². The van der Waals surface area contributed by atoms with Gasteiger partial charge in [0.05, 0.1) is 5.69 Å². The molecule has 1 amide bonds. The van der Waals surface area contributed by atoms with E-state index in [0.717, 1.165) is 24.0 Å². The van der Waals surface area contributed by atoms with Crippen molar-refractivity contribution in [3.8, 4) is 6.19 Å². The Morgan fingerprint density at radius 3 is 3.00 bits per heavy atom. The summed E-state index contributed by atoms with van der Waals surface area (Å²) in [5.41, 5.74) is 2.51. The molecule has 0 aromatic heterocycles. The second kappa shape index (κ2) is 5.17. The standard InChI is InChI=1S/C14H14N4OS/c1-20-14(16-8-15)17-10-3-2-9-7-18(11-4-5-11)13(19)12(9)6-10/h2-3,6,11H,4-5,7H2,1H3,(H,16,17). The first-order valence-electron chi connectivity index (χ1n) is 6.44. The number of rotatable bonds is 2. The van der Waals surface area contributed by atoms with Gasteiger partial charge in [-0.05, 0) is 36.8 Å². The number of benzene rings is 1. The Balaban J connectivity index is 1.88.